The van der Waals surface area contributed by atoms with Crippen molar-refractivity contribution in [1.29, 1.82) is 0 Å². The van der Waals surface area contributed by atoms with Crippen LogP contribution < -0.4 is 0 Å². The molecule has 0 aromatic carbocycles. The summed E-state index contributed by atoms with van der Waals surface area (Å²) in [4.78, 5) is 10.9. The summed E-state index contributed by atoms with van der Waals surface area (Å²) < 4.78 is 0. The number of thiol groups is 1. The predicted molar refractivity (Wildman–Crippen MR) is 67.2 cm³/mol. The van der Waals surface area contributed by atoms with E-state index in [4.69, 9.17) is 0 Å². The summed E-state index contributed by atoms with van der Waals surface area (Å²) in [6, 6.07) is 0. The monoisotopic (exact) mass is 232 g/mol. The van der Waals surface area contributed by atoms with Crippen molar-refractivity contribution < 1.29 is 9.90 Å². The molecule has 1 N–H and O–H groups in total. The predicted octanol–water partition coefficient (Wildman–Crippen LogP) is 3.33. The highest BCUT2D eigenvalue weighted by molar-refractivity contribution is 7.96. The van der Waals surface area contributed by atoms with Gasteiger partial charge in [-0.3, -0.25) is 4.79 Å². The fourth-order valence-electron chi connectivity index (χ4n) is 1.53. The van der Waals surface area contributed by atoms with Crippen LogP contribution in [0.5, 0.6) is 0 Å². The summed E-state index contributed by atoms with van der Waals surface area (Å²) in [5, 5.41) is 9.18. The lowest BCUT2D eigenvalue weighted by Crippen LogP contribution is -2.31. The van der Waals surface area contributed by atoms with Crippen LogP contribution in [0.1, 0.15) is 65.2 Å². The Morgan fingerprint density at radius 1 is 1.13 bits per heavy atom. The maximum atomic E-state index is 10.9. The van der Waals surface area contributed by atoms with Gasteiger partial charge in [0.2, 0.25) is 5.12 Å². The molecule has 1 unspecified atom stereocenters. The molecule has 0 saturated heterocycles. The number of hydrogen-bond acceptors (Lipinski definition) is 2. The highest BCUT2D eigenvalue weighted by atomic mass is 32.1. The highest BCUT2D eigenvalue weighted by Crippen LogP contribution is 2.18. The molecule has 0 spiro atoms. The maximum absolute atomic E-state index is 10.9. The van der Waals surface area contributed by atoms with Crippen LogP contribution in [0.25, 0.3) is 0 Å². The van der Waals surface area contributed by atoms with Gasteiger partial charge in [0.05, 0.1) is 0 Å². The molecule has 0 aliphatic carbocycles. The maximum Gasteiger partial charge on any atom is 0.217 e. The smallest absolute Gasteiger partial charge is 0.217 e. The molecular weight excluding hydrogens is 208 g/mol. The van der Waals surface area contributed by atoms with Crippen molar-refractivity contribution in [3.8, 4) is 0 Å². The van der Waals surface area contributed by atoms with E-state index in [9.17, 15) is 9.90 Å². The summed E-state index contributed by atoms with van der Waals surface area (Å²) in [5.41, 5.74) is -1.23. The molecule has 0 aliphatic rings. The van der Waals surface area contributed by atoms with Gasteiger partial charge >= 0.3 is 0 Å². The van der Waals surface area contributed by atoms with Crippen molar-refractivity contribution in [3.05, 3.63) is 0 Å². The summed E-state index contributed by atoms with van der Waals surface area (Å²) in [6.45, 7) is 3.74. The number of carbonyl (C=O) groups is 1. The molecule has 0 aromatic rings. The summed E-state index contributed by atoms with van der Waals surface area (Å²) in [5.74, 6) is 0. The minimum absolute atomic E-state index is 0.423. The number of carbonyl (C=O) groups excluding carboxylic acids is 1. The average Bonchev–Trinajstić information content (AvgIpc) is 2.16. The first kappa shape index (κ1) is 15.0. The second kappa shape index (κ2) is 8.17. The van der Waals surface area contributed by atoms with Crippen LogP contribution in [0.15, 0.2) is 0 Å². The largest absolute Gasteiger partial charge is 0.381 e. The first-order valence-electron chi connectivity index (χ1n) is 5.96. The number of unbranched alkanes of at least 4 members (excludes halogenated alkanes) is 6. The quantitative estimate of drug-likeness (QED) is 0.472. The second-order valence-corrected chi connectivity index (χ2v) is 4.86. The zero-order chi connectivity index (χ0) is 11.7. The van der Waals surface area contributed by atoms with Gasteiger partial charge < -0.3 is 5.11 Å². The molecule has 0 bridgehead atoms. The van der Waals surface area contributed by atoms with Gasteiger partial charge in [-0.15, -0.1) is 12.6 Å². The van der Waals surface area contributed by atoms with Crippen LogP contribution in [0.2, 0.25) is 0 Å². The fraction of sp³-hybridized carbons (Fsp3) is 0.917. The van der Waals surface area contributed by atoms with Crippen LogP contribution in [-0.4, -0.2) is 15.8 Å². The molecule has 0 aromatic heterocycles. The lowest BCUT2D eigenvalue weighted by Gasteiger charge is -2.18. The third kappa shape index (κ3) is 7.86. The Kier molecular flexibility index (Phi) is 8.16. The first-order chi connectivity index (χ1) is 7.00. The van der Waals surface area contributed by atoms with Gasteiger partial charge in [-0.1, -0.05) is 51.9 Å². The van der Waals surface area contributed by atoms with Gasteiger partial charge in [-0.2, -0.15) is 0 Å². The molecule has 90 valence electrons. The normalized spacial score (nSPS) is 14.9. The molecule has 0 heterocycles. The van der Waals surface area contributed by atoms with Crippen molar-refractivity contribution in [3.63, 3.8) is 0 Å². The van der Waals surface area contributed by atoms with E-state index < -0.39 is 10.7 Å². The Morgan fingerprint density at radius 2 is 1.60 bits per heavy atom. The zero-order valence-electron chi connectivity index (χ0n) is 9.96. The summed E-state index contributed by atoms with van der Waals surface area (Å²) in [6.07, 6.45) is 8.89. The molecule has 3 heteroatoms. The van der Waals surface area contributed by atoms with Crippen LogP contribution in [-0.2, 0) is 4.79 Å². The molecule has 0 fully saturated rings. The van der Waals surface area contributed by atoms with E-state index in [0.29, 0.717) is 6.42 Å². The van der Waals surface area contributed by atoms with Gasteiger partial charge in [0.1, 0.15) is 5.60 Å². The van der Waals surface area contributed by atoms with Gasteiger partial charge in [0.15, 0.2) is 0 Å². The Bertz CT molecular complexity index is 178. The van der Waals surface area contributed by atoms with Crippen LogP contribution >= 0.6 is 12.6 Å². The van der Waals surface area contributed by atoms with Crippen LogP contribution in [0.4, 0.5) is 0 Å². The van der Waals surface area contributed by atoms with Crippen molar-refractivity contribution in [2.45, 2.75) is 70.8 Å². The number of aliphatic hydroxyl groups is 1. The Hall–Kier alpha value is -0.0200. The Balaban J connectivity index is 3.35. The average molecular weight is 232 g/mol. The molecule has 2 nitrogen and oxygen atoms in total. The standard InChI is InChI=1S/C12H24O2S/c1-3-4-5-6-7-8-9-10-12(2,14)11(13)15/h14H,3-10H2,1-2H3,(H,13,15). The molecule has 15 heavy (non-hydrogen) atoms. The molecule has 0 aliphatic heterocycles. The summed E-state index contributed by atoms with van der Waals surface area (Å²) in [7, 11) is 0. The second-order valence-electron chi connectivity index (χ2n) is 4.45. The van der Waals surface area contributed by atoms with E-state index in [1.807, 2.05) is 0 Å². The van der Waals surface area contributed by atoms with E-state index in [-0.39, 0.29) is 0 Å². The molecule has 0 rings (SSSR count). The summed E-state index contributed by atoms with van der Waals surface area (Å²) >= 11 is 3.66. The Labute approximate surface area is 98.9 Å². The lowest BCUT2D eigenvalue weighted by atomic mass is 9.99. The van der Waals surface area contributed by atoms with Gasteiger partial charge in [-0.25, -0.2) is 0 Å². The molecule has 0 radical (unpaired) electrons. The molecular formula is C12H24O2S. The molecule has 0 saturated carbocycles. The number of rotatable bonds is 9. The van der Waals surface area contributed by atoms with Gasteiger partial charge in [0.25, 0.3) is 0 Å². The van der Waals surface area contributed by atoms with Gasteiger partial charge in [0, 0.05) is 0 Å². The van der Waals surface area contributed by atoms with Gasteiger partial charge in [-0.05, 0) is 13.3 Å². The van der Waals surface area contributed by atoms with Crippen LogP contribution in [0.3, 0.4) is 0 Å². The van der Waals surface area contributed by atoms with E-state index in [1.54, 1.807) is 6.92 Å². The van der Waals surface area contributed by atoms with Crippen molar-refractivity contribution in [1.82, 2.24) is 0 Å². The minimum Gasteiger partial charge on any atom is -0.381 e. The first-order valence-corrected chi connectivity index (χ1v) is 6.41. The molecule has 1 atom stereocenters. The van der Waals surface area contributed by atoms with Crippen molar-refractivity contribution in [2.24, 2.45) is 0 Å². The SMILES string of the molecule is CCCCCCCCCC(C)(O)C(=O)S. The highest BCUT2D eigenvalue weighted by Gasteiger charge is 2.26. The number of hydrogen-bond donors (Lipinski definition) is 2. The third-order valence-electron chi connectivity index (χ3n) is 2.73. The Morgan fingerprint density at radius 3 is 2.07 bits per heavy atom. The van der Waals surface area contributed by atoms with Crippen molar-refractivity contribution >= 4 is 17.7 Å². The van der Waals surface area contributed by atoms with E-state index in [0.717, 1.165) is 12.8 Å². The van der Waals surface area contributed by atoms with E-state index in [1.165, 1.54) is 32.1 Å². The van der Waals surface area contributed by atoms with E-state index >= 15 is 0 Å². The molecule has 0 amide bonds. The third-order valence-corrected chi connectivity index (χ3v) is 3.21. The zero-order valence-corrected chi connectivity index (χ0v) is 10.9. The van der Waals surface area contributed by atoms with E-state index in [2.05, 4.69) is 19.6 Å². The minimum atomic E-state index is -1.23. The topological polar surface area (TPSA) is 37.3 Å². The fourth-order valence-corrected chi connectivity index (χ4v) is 1.65. The van der Waals surface area contributed by atoms with Crippen molar-refractivity contribution in [2.75, 3.05) is 0 Å². The van der Waals surface area contributed by atoms with Crippen LogP contribution in [0, 0.1) is 0 Å². The lowest BCUT2D eigenvalue weighted by molar-refractivity contribution is -0.126.